The van der Waals surface area contributed by atoms with E-state index in [9.17, 15) is 0 Å². The Morgan fingerprint density at radius 2 is 0.399 bits per heavy atom. The molecule has 7 aromatic heterocycles. The van der Waals surface area contributed by atoms with Crippen LogP contribution in [0.4, 0.5) is 0 Å². The van der Waals surface area contributed by atoms with Crippen LogP contribution in [0.15, 0.2) is 517 Å². The summed E-state index contributed by atoms with van der Waals surface area (Å²) in [5, 5.41) is 15.6. The number of pyridine rings is 2. The Labute approximate surface area is 823 Å². The minimum absolute atomic E-state index is 0.631. The lowest BCUT2D eigenvalue weighted by atomic mass is 9.92. The molecule has 143 heavy (non-hydrogen) atoms. The van der Waals surface area contributed by atoms with E-state index >= 15 is 0 Å². The number of aromatic nitrogens is 7. The first-order valence-corrected chi connectivity index (χ1v) is 48.1. The SMILES string of the molecule is c1ccc(-c2cc(-c3ccc(-c4cccc5oc6c7ccccc7c(-c7ccccc7)cc6c45)cc3)nc(-c3ccccc3)n2)cc1.c1ccc(-c2ccc3ccc4ccc(-c5cccc6oc7c8ccccc8c(-c8ccccc8)cc7c56)nc4c3n2)cc1.c1ccc(-c2nc(-c3ccccc3)nc(-c3cccc(-c4cccc(-c5cccc6oc7c8ccccc8c(-c8ccccc8)cc7c56)c4)c3)n2)cc1. The van der Waals surface area contributed by atoms with Gasteiger partial charge in [0, 0.05) is 104 Å². The molecule has 21 aromatic carbocycles. The van der Waals surface area contributed by atoms with E-state index < -0.39 is 0 Å². The second-order valence-electron chi connectivity index (χ2n) is 35.9. The Kier molecular flexibility index (Phi) is 21.4. The molecule has 0 unspecified atom stereocenters. The minimum Gasteiger partial charge on any atom is -0.455 e. The predicted molar refractivity (Wildman–Crippen MR) is 589 cm³/mol. The molecule has 0 fully saturated rings. The molecule has 7 heterocycles. The van der Waals surface area contributed by atoms with E-state index in [-0.39, 0.29) is 0 Å². The Morgan fingerprint density at radius 1 is 0.133 bits per heavy atom. The molecule has 0 aliphatic rings. The zero-order chi connectivity index (χ0) is 94.6. The van der Waals surface area contributed by atoms with Crippen LogP contribution in [0, 0.1) is 0 Å². The molecular formula is C133H83N7O3. The molecule has 668 valence electrons. The number of benzene rings is 21. The normalized spacial score (nSPS) is 11.5. The van der Waals surface area contributed by atoms with Crippen molar-refractivity contribution in [3.63, 3.8) is 0 Å². The lowest BCUT2D eigenvalue weighted by molar-refractivity contribution is 0.672. The average molecular weight is 1830 g/mol. The Balaban J connectivity index is 0.000000110. The third-order valence-corrected chi connectivity index (χ3v) is 27.3. The highest BCUT2D eigenvalue weighted by molar-refractivity contribution is 6.26. The number of hydrogen-bond donors (Lipinski definition) is 0. The molecule has 10 heteroatoms. The van der Waals surface area contributed by atoms with Gasteiger partial charge in [0.05, 0.1) is 33.8 Å². The van der Waals surface area contributed by atoms with Crippen molar-refractivity contribution in [3.05, 3.63) is 504 Å². The Bertz CT molecular complexity index is 9630. The summed E-state index contributed by atoms with van der Waals surface area (Å²) in [5.74, 6) is 2.63. The molecule has 28 aromatic rings. The zero-order valence-corrected chi connectivity index (χ0v) is 77.3. The predicted octanol–water partition coefficient (Wildman–Crippen LogP) is 35.6. The van der Waals surface area contributed by atoms with E-state index in [1.165, 1.54) is 49.5 Å². The first-order chi connectivity index (χ1) is 70.9. The van der Waals surface area contributed by atoms with Crippen molar-refractivity contribution in [1.29, 1.82) is 0 Å². The average Bonchev–Trinajstić information content (AvgIpc) is 1.63. The van der Waals surface area contributed by atoms with E-state index in [4.69, 9.17) is 48.1 Å². The van der Waals surface area contributed by atoms with Gasteiger partial charge in [0.2, 0.25) is 0 Å². The van der Waals surface area contributed by atoms with Gasteiger partial charge in [-0.15, -0.1) is 0 Å². The molecule has 0 amide bonds. The lowest BCUT2D eigenvalue weighted by Crippen LogP contribution is -2.00. The van der Waals surface area contributed by atoms with E-state index in [1.54, 1.807) is 0 Å². The molecule has 0 aliphatic heterocycles. The van der Waals surface area contributed by atoms with Gasteiger partial charge in [0.15, 0.2) is 23.3 Å². The van der Waals surface area contributed by atoms with Crippen molar-refractivity contribution in [2.24, 2.45) is 0 Å². The van der Waals surface area contributed by atoms with Crippen LogP contribution in [0.1, 0.15) is 0 Å². The van der Waals surface area contributed by atoms with Crippen LogP contribution in [-0.2, 0) is 0 Å². The Hall–Kier alpha value is -19.3. The number of nitrogens with zero attached hydrogens (tertiary/aromatic N) is 7. The van der Waals surface area contributed by atoms with Crippen LogP contribution in [0.3, 0.4) is 0 Å². The monoisotopic (exact) mass is 1830 g/mol. The lowest BCUT2D eigenvalue weighted by Gasteiger charge is -2.11. The van der Waals surface area contributed by atoms with Crippen LogP contribution in [0.25, 0.3) is 277 Å². The number of fused-ring (bicyclic) bond motifs is 18. The van der Waals surface area contributed by atoms with Crippen LogP contribution in [0.5, 0.6) is 0 Å². The molecule has 0 bridgehead atoms. The molecule has 0 atom stereocenters. The molecule has 0 saturated heterocycles. The molecule has 28 rings (SSSR count). The molecule has 10 nitrogen and oxygen atoms in total. The fourth-order valence-electron chi connectivity index (χ4n) is 20.4. The topological polar surface area (TPSA) is 130 Å². The summed E-state index contributed by atoms with van der Waals surface area (Å²) in [6.07, 6.45) is 0. The van der Waals surface area contributed by atoms with Gasteiger partial charge in [-0.3, -0.25) is 0 Å². The largest absolute Gasteiger partial charge is 0.455 e. The third-order valence-electron chi connectivity index (χ3n) is 27.3. The maximum Gasteiger partial charge on any atom is 0.164 e. The van der Waals surface area contributed by atoms with Gasteiger partial charge in [0.25, 0.3) is 0 Å². The van der Waals surface area contributed by atoms with E-state index in [0.29, 0.717) is 23.3 Å². The molecule has 0 radical (unpaired) electrons. The summed E-state index contributed by atoms with van der Waals surface area (Å²) in [5.41, 5.74) is 32.6. The second kappa shape index (κ2) is 36.3. The van der Waals surface area contributed by atoms with Crippen molar-refractivity contribution >= 4 is 120 Å². The van der Waals surface area contributed by atoms with E-state index in [1.807, 2.05) is 115 Å². The second-order valence-corrected chi connectivity index (χ2v) is 35.9. The van der Waals surface area contributed by atoms with Crippen LogP contribution in [0.2, 0.25) is 0 Å². The van der Waals surface area contributed by atoms with Gasteiger partial charge in [-0.1, -0.05) is 437 Å². The van der Waals surface area contributed by atoms with E-state index in [2.05, 4.69) is 388 Å². The van der Waals surface area contributed by atoms with Crippen molar-refractivity contribution in [2.45, 2.75) is 0 Å². The van der Waals surface area contributed by atoms with Crippen molar-refractivity contribution in [3.8, 4) is 157 Å². The summed E-state index contributed by atoms with van der Waals surface area (Å²) in [6.45, 7) is 0. The quantitative estimate of drug-likeness (QED) is 0.0970. The Morgan fingerprint density at radius 3 is 0.811 bits per heavy atom. The standard InChI is InChI=1S/C49H31N3O.C44H28N2O.C40H24N2O/c1-4-15-32(16-5-1)42-31-43-45-39(27-14-28-44(45)53-46(43)41-26-11-10-25-40(41)42)37-23-12-21-35(29-37)36-22-13-24-38(30-36)49-51-47(33-17-6-2-7-18-33)50-48(52-49)34-19-8-3-9-20-34;1-4-13-29(14-5-1)37-27-38-42-34(21-12-22-41(42)47-43(38)36-20-11-10-19-35(36)37)30-23-25-32(26-24-30)40-28-39(31-15-6-2-7-16-31)45-44(46-40)33-17-8-3-9-18-33;1-3-10-25(11-4-1)32-24-33-37-31(16-9-17-36(37)43-40(33)30-15-8-7-14-29(30)32)35-23-21-28-19-18-27-20-22-34(26-12-5-2-6-13-26)41-38(27)39(28)42-35/h1-31H;1-28H;1-24H. The van der Waals surface area contributed by atoms with E-state index in [0.717, 1.165) is 204 Å². The summed E-state index contributed by atoms with van der Waals surface area (Å²) >= 11 is 0. The fraction of sp³-hybridized carbons (Fsp3) is 0. The van der Waals surface area contributed by atoms with Crippen molar-refractivity contribution in [2.75, 3.05) is 0 Å². The molecule has 0 N–H and O–H groups in total. The number of hydrogen-bond acceptors (Lipinski definition) is 10. The van der Waals surface area contributed by atoms with Crippen LogP contribution < -0.4 is 0 Å². The van der Waals surface area contributed by atoms with Crippen LogP contribution >= 0.6 is 0 Å². The van der Waals surface area contributed by atoms with Gasteiger partial charge in [-0.05, 0) is 150 Å². The van der Waals surface area contributed by atoms with Gasteiger partial charge >= 0.3 is 0 Å². The van der Waals surface area contributed by atoms with Crippen LogP contribution in [-0.4, -0.2) is 34.9 Å². The summed E-state index contributed by atoms with van der Waals surface area (Å²) in [7, 11) is 0. The molecular weight excluding hydrogens is 1740 g/mol. The summed E-state index contributed by atoms with van der Waals surface area (Å²) in [6, 6.07) is 175. The minimum atomic E-state index is 0.631. The summed E-state index contributed by atoms with van der Waals surface area (Å²) < 4.78 is 19.9. The third kappa shape index (κ3) is 15.8. The highest BCUT2D eigenvalue weighted by atomic mass is 16.3. The van der Waals surface area contributed by atoms with Gasteiger partial charge < -0.3 is 13.3 Å². The smallest absolute Gasteiger partial charge is 0.164 e. The maximum atomic E-state index is 6.66. The van der Waals surface area contributed by atoms with Gasteiger partial charge in [0.1, 0.15) is 33.5 Å². The van der Waals surface area contributed by atoms with Crippen molar-refractivity contribution < 1.29 is 13.3 Å². The highest BCUT2D eigenvalue weighted by Crippen LogP contribution is 2.49. The highest BCUT2D eigenvalue weighted by Gasteiger charge is 2.25. The van der Waals surface area contributed by atoms with Crippen molar-refractivity contribution in [1.82, 2.24) is 34.9 Å². The zero-order valence-electron chi connectivity index (χ0n) is 77.3. The number of rotatable bonds is 14. The summed E-state index contributed by atoms with van der Waals surface area (Å²) in [4.78, 5) is 35.2. The molecule has 0 spiro atoms. The first kappa shape index (κ1) is 84.2. The molecule has 0 saturated carbocycles. The van der Waals surface area contributed by atoms with Gasteiger partial charge in [-0.2, -0.15) is 0 Å². The molecule has 0 aliphatic carbocycles. The van der Waals surface area contributed by atoms with Gasteiger partial charge in [-0.25, -0.2) is 34.9 Å². The first-order valence-electron chi connectivity index (χ1n) is 48.1. The fourth-order valence-corrected chi connectivity index (χ4v) is 20.4. The maximum absolute atomic E-state index is 6.66. The number of furan rings is 3.